The molecule has 3 atom stereocenters. The maximum Gasteiger partial charge on any atom is 0.0562 e. The smallest absolute Gasteiger partial charge is 0.0562 e. The summed E-state index contributed by atoms with van der Waals surface area (Å²) in [7, 11) is 0. The first kappa shape index (κ1) is 16.3. The molecule has 0 aromatic heterocycles. The standard InChI is InChI=1S/C14H31N3S/c1-3-6-12(14(15)16)10-17-9-11-7-4-5-8-13(11)18-2/h11-14,17H,3-10,15-16H2,1-2H3/t11?,12-,13?/m1/s1. The van der Waals surface area contributed by atoms with Crippen molar-refractivity contribution in [1.29, 1.82) is 0 Å². The van der Waals surface area contributed by atoms with Gasteiger partial charge in [0.25, 0.3) is 0 Å². The first-order chi connectivity index (χ1) is 8.69. The third-order valence-electron chi connectivity index (χ3n) is 4.16. The van der Waals surface area contributed by atoms with Gasteiger partial charge in [0, 0.05) is 11.8 Å². The summed E-state index contributed by atoms with van der Waals surface area (Å²) in [5, 5.41) is 4.46. The Kier molecular flexibility index (Phi) is 8.31. The molecular formula is C14H31N3S. The summed E-state index contributed by atoms with van der Waals surface area (Å²) in [6.45, 7) is 4.31. The molecular weight excluding hydrogens is 242 g/mol. The summed E-state index contributed by atoms with van der Waals surface area (Å²) < 4.78 is 0. The fourth-order valence-electron chi connectivity index (χ4n) is 2.97. The lowest BCUT2D eigenvalue weighted by molar-refractivity contribution is 0.322. The summed E-state index contributed by atoms with van der Waals surface area (Å²) in [6.07, 6.45) is 9.94. The van der Waals surface area contributed by atoms with Crippen LogP contribution in [-0.2, 0) is 0 Å². The van der Waals surface area contributed by atoms with Crippen molar-refractivity contribution in [2.24, 2.45) is 23.3 Å². The van der Waals surface area contributed by atoms with Gasteiger partial charge in [-0.1, -0.05) is 26.2 Å². The van der Waals surface area contributed by atoms with Crippen LogP contribution in [0.1, 0.15) is 45.4 Å². The highest BCUT2D eigenvalue weighted by atomic mass is 32.2. The Labute approximate surface area is 117 Å². The van der Waals surface area contributed by atoms with Gasteiger partial charge in [0.1, 0.15) is 0 Å². The normalized spacial score (nSPS) is 26.5. The molecule has 0 aromatic carbocycles. The van der Waals surface area contributed by atoms with Gasteiger partial charge in [-0.2, -0.15) is 11.8 Å². The molecule has 1 saturated carbocycles. The molecule has 0 aliphatic heterocycles. The molecule has 1 fully saturated rings. The van der Waals surface area contributed by atoms with Gasteiger partial charge >= 0.3 is 0 Å². The Bertz CT molecular complexity index is 211. The minimum absolute atomic E-state index is 0.180. The van der Waals surface area contributed by atoms with E-state index in [0.29, 0.717) is 5.92 Å². The van der Waals surface area contributed by atoms with E-state index in [1.54, 1.807) is 0 Å². The molecule has 0 radical (unpaired) electrons. The highest BCUT2D eigenvalue weighted by Crippen LogP contribution is 2.31. The molecule has 5 N–H and O–H groups in total. The zero-order valence-corrected chi connectivity index (χ0v) is 12.8. The highest BCUT2D eigenvalue weighted by Gasteiger charge is 2.24. The van der Waals surface area contributed by atoms with Crippen molar-refractivity contribution >= 4 is 11.8 Å². The van der Waals surface area contributed by atoms with E-state index in [1.165, 1.54) is 25.7 Å². The lowest BCUT2D eigenvalue weighted by Gasteiger charge is -2.31. The molecule has 0 amide bonds. The van der Waals surface area contributed by atoms with Gasteiger partial charge in [0.15, 0.2) is 0 Å². The molecule has 0 bridgehead atoms. The summed E-state index contributed by atoms with van der Waals surface area (Å²) in [5.41, 5.74) is 11.7. The quantitative estimate of drug-likeness (QED) is 0.593. The van der Waals surface area contributed by atoms with E-state index in [4.69, 9.17) is 11.5 Å². The van der Waals surface area contributed by atoms with E-state index >= 15 is 0 Å². The van der Waals surface area contributed by atoms with Crippen LogP contribution in [0.3, 0.4) is 0 Å². The van der Waals surface area contributed by atoms with Crippen LogP contribution in [0.2, 0.25) is 0 Å². The molecule has 0 saturated heterocycles. The van der Waals surface area contributed by atoms with E-state index in [0.717, 1.165) is 37.1 Å². The molecule has 18 heavy (non-hydrogen) atoms. The van der Waals surface area contributed by atoms with Crippen molar-refractivity contribution in [3.8, 4) is 0 Å². The fourth-order valence-corrected chi connectivity index (χ4v) is 3.99. The summed E-state index contributed by atoms with van der Waals surface area (Å²) in [6, 6.07) is 0. The van der Waals surface area contributed by atoms with Crippen molar-refractivity contribution < 1.29 is 0 Å². The zero-order chi connectivity index (χ0) is 13.4. The van der Waals surface area contributed by atoms with E-state index in [2.05, 4.69) is 18.5 Å². The minimum atomic E-state index is -0.180. The highest BCUT2D eigenvalue weighted by molar-refractivity contribution is 7.99. The average molecular weight is 273 g/mol. The molecule has 4 heteroatoms. The Balaban J connectivity index is 2.26. The number of hydrogen-bond acceptors (Lipinski definition) is 4. The first-order valence-electron chi connectivity index (χ1n) is 7.43. The number of nitrogens with two attached hydrogens (primary N) is 2. The average Bonchev–Trinajstić information content (AvgIpc) is 2.38. The van der Waals surface area contributed by atoms with Crippen molar-refractivity contribution in [3.63, 3.8) is 0 Å². The van der Waals surface area contributed by atoms with Gasteiger partial charge < -0.3 is 16.8 Å². The maximum absolute atomic E-state index is 5.83. The van der Waals surface area contributed by atoms with Crippen LogP contribution in [0, 0.1) is 11.8 Å². The molecule has 0 aromatic rings. The maximum atomic E-state index is 5.83. The number of thioether (sulfide) groups is 1. The molecule has 1 aliphatic carbocycles. The van der Waals surface area contributed by atoms with Crippen molar-refractivity contribution in [2.75, 3.05) is 19.3 Å². The van der Waals surface area contributed by atoms with Gasteiger partial charge in [0.2, 0.25) is 0 Å². The predicted octanol–water partition coefficient (Wildman–Crippen LogP) is 2.16. The van der Waals surface area contributed by atoms with E-state index in [-0.39, 0.29) is 6.17 Å². The second-order valence-electron chi connectivity index (χ2n) is 5.60. The Morgan fingerprint density at radius 3 is 2.61 bits per heavy atom. The SMILES string of the molecule is CCC[C@H](CNCC1CCCCC1SC)C(N)N. The molecule has 108 valence electrons. The van der Waals surface area contributed by atoms with Gasteiger partial charge in [-0.15, -0.1) is 0 Å². The largest absolute Gasteiger partial charge is 0.316 e. The topological polar surface area (TPSA) is 64.1 Å². The first-order valence-corrected chi connectivity index (χ1v) is 8.72. The van der Waals surface area contributed by atoms with Crippen LogP contribution in [0.15, 0.2) is 0 Å². The predicted molar refractivity (Wildman–Crippen MR) is 82.7 cm³/mol. The number of rotatable bonds is 8. The Hall–Kier alpha value is 0.230. The monoisotopic (exact) mass is 273 g/mol. The lowest BCUT2D eigenvalue weighted by Crippen LogP contribution is -2.45. The van der Waals surface area contributed by atoms with Crippen LogP contribution in [0.25, 0.3) is 0 Å². The third kappa shape index (κ3) is 5.47. The van der Waals surface area contributed by atoms with E-state index in [1.807, 2.05) is 11.8 Å². The van der Waals surface area contributed by atoms with Crippen LogP contribution in [0.5, 0.6) is 0 Å². The summed E-state index contributed by atoms with van der Waals surface area (Å²) in [4.78, 5) is 0. The summed E-state index contributed by atoms with van der Waals surface area (Å²) >= 11 is 2.04. The second-order valence-corrected chi connectivity index (χ2v) is 6.68. The molecule has 0 spiro atoms. The van der Waals surface area contributed by atoms with Gasteiger partial charge in [-0.25, -0.2) is 0 Å². The van der Waals surface area contributed by atoms with Crippen molar-refractivity contribution in [1.82, 2.24) is 5.32 Å². The van der Waals surface area contributed by atoms with Crippen LogP contribution in [-0.4, -0.2) is 30.8 Å². The third-order valence-corrected chi connectivity index (χ3v) is 5.39. The van der Waals surface area contributed by atoms with Crippen LogP contribution >= 0.6 is 11.8 Å². The Morgan fingerprint density at radius 1 is 1.28 bits per heavy atom. The minimum Gasteiger partial charge on any atom is -0.316 e. The molecule has 1 aliphatic rings. The number of nitrogens with one attached hydrogen (secondary N) is 1. The molecule has 1 rings (SSSR count). The zero-order valence-electron chi connectivity index (χ0n) is 12.0. The second kappa shape index (κ2) is 9.18. The van der Waals surface area contributed by atoms with Gasteiger partial charge in [0.05, 0.1) is 6.17 Å². The number of hydrogen-bond donors (Lipinski definition) is 3. The van der Waals surface area contributed by atoms with E-state index < -0.39 is 0 Å². The fraction of sp³-hybridized carbons (Fsp3) is 1.00. The van der Waals surface area contributed by atoms with Crippen molar-refractivity contribution in [2.45, 2.75) is 56.9 Å². The van der Waals surface area contributed by atoms with E-state index in [9.17, 15) is 0 Å². The van der Waals surface area contributed by atoms with Crippen molar-refractivity contribution in [3.05, 3.63) is 0 Å². The van der Waals surface area contributed by atoms with Crippen LogP contribution < -0.4 is 16.8 Å². The Morgan fingerprint density at radius 2 is 2.00 bits per heavy atom. The van der Waals surface area contributed by atoms with Crippen LogP contribution in [0.4, 0.5) is 0 Å². The van der Waals surface area contributed by atoms with Gasteiger partial charge in [-0.05, 0) is 43.9 Å². The summed E-state index contributed by atoms with van der Waals surface area (Å²) in [5.74, 6) is 1.26. The lowest BCUT2D eigenvalue weighted by atomic mass is 9.88. The molecule has 2 unspecified atom stereocenters. The molecule has 0 heterocycles. The molecule has 3 nitrogen and oxygen atoms in total. The van der Waals surface area contributed by atoms with Gasteiger partial charge in [-0.3, -0.25) is 0 Å².